The molecule has 0 aliphatic carbocycles. The second-order valence-corrected chi connectivity index (χ2v) is 3.88. The number of carbonyl (C=O) groups excluding carboxylic acids is 1. The Morgan fingerprint density at radius 1 is 1.12 bits per heavy atom. The van der Waals surface area contributed by atoms with E-state index in [4.69, 9.17) is 15.2 Å². The van der Waals surface area contributed by atoms with E-state index in [0.717, 1.165) is 32.3 Å². The van der Waals surface area contributed by atoms with Crippen molar-refractivity contribution in [3.63, 3.8) is 0 Å². The van der Waals surface area contributed by atoms with E-state index in [-0.39, 0.29) is 5.97 Å². The first-order chi connectivity index (χ1) is 7.72. The summed E-state index contributed by atoms with van der Waals surface area (Å²) in [5.74, 6) is -0.312. The molecule has 0 aliphatic rings. The Morgan fingerprint density at radius 3 is 2.44 bits per heavy atom. The topological polar surface area (TPSA) is 61.5 Å². The van der Waals surface area contributed by atoms with E-state index >= 15 is 0 Å². The van der Waals surface area contributed by atoms with Gasteiger partial charge >= 0.3 is 5.97 Å². The largest absolute Gasteiger partial charge is 0.462 e. The summed E-state index contributed by atoms with van der Waals surface area (Å²) in [5.41, 5.74) is 5.65. The third-order valence-corrected chi connectivity index (χ3v) is 2.29. The molecule has 0 fully saturated rings. The van der Waals surface area contributed by atoms with Crippen LogP contribution in [-0.4, -0.2) is 31.8 Å². The van der Waals surface area contributed by atoms with E-state index in [2.05, 4.69) is 13.8 Å². The molecule has 0 aromatic carbocycles. The maximum atomic E-state index is 11.3. The summed E-state index contributed by atoms with van der Waals surface area (Å²) in [6.07, 6.45) is 4.86. The van der Waals surface area contributed by atoms with Gasteiger partial charge in [-0.2, -0.15) is 0 Å². The SMILES string of the molecule is CCCCOCCOC(=O)C(N)CCCC. The lowest BCUT2D eigenvalue weighted by Gasteiger charge is -2.10. The van der Waals surface area contributed by atoms with E-state index in [1.807, 2.05) is 0 Å². The van der Waals surface area contributed by atoms with E-state index < -0.39 is 6.04 Å². The molecule has 1 unspecified atom stereocenters. The standard InChI is InChI=1S/C12H25NO3/c1-3-5-7-11(13)12(14)16-10-9-15-8-6-4-2/h11H,3-10,13H2,1-2H3. The minimum atomic E-state index is -0.476. The van der Waals surface area contributed by atoms with Crippen molar-refractivity contribution in [1.82, 2.24) is 0 Å². The molecule has 0 aromatic rings. The average molecular weight is 231 g/mol. The van der Waals surface area contributed by atoms with Gasteiger partial charge in [-0.25, -0.2) is 0 Å². The first-order valence-corrected chi connectivity index (χ1v) is 6.22. The molecule has 0 bridgehead atoms. The van der Waals surface area contributed by atoms with Gasteiger partial charge in [0.15, 0.2) is 0 Å². The third kappa shape index (κ3) is 8.68. The molecule has 4 heteroatoms. The van der Waals surface area contributed by atoms with Gasteiger partial charge in [0.1, 0.15) is 12.6 Å². The van der Waals surface area contributed by atoms with Gasteiger partial charge in [-0.05, 0) is 12.8 Å². The highest BCUT2D eigenvalue weighted by molar-refractivity contribution is 5.75. The zero-order valence-corrected chi connectivity index (χ0v) is 10.5. The Bertz CT molecular complexity index is 174. The van der Waals surface area contributed by atoms with Crippen molar-refractivity contribution >= 4 is 5.97 Å². The third-order valence-electron chi connectivity index (χ3n) is 2.29. The number of rotatable bonds is 10. The zero-order chi connectivity index (χ0) is 12.2. The summed E-state index contributed by atoms with van der Waals surface area (Å²) >= 11 is 0. The quantitative estimate of drug-likeness (QED) is 0.460. The van der Waals surface area contributed by atoms with Crippen LogP contribution in [0.4, 0.5) is 0 Å². The lowest BCUT2D eigenvalue weighted by atomic mass is 10.1. The average Bonchev–Trinajstić information content (AvgIpc) is 2.30. The monoisotopic (exact) mass is 231 g/mol. The normalized spacial score (nSPS) is 12.4. The lowest BCUT2D eigenvalue weighted by molar-refractivity contribution is -0.147. The predicted octanol–water partition coefficient (Wildman–Crippen LogP) is 1.86. The van der Waals surface area contributed by atoms with Gasteiger partial charge in [0.25, 0.3) is 0 Å². The van der Waals surface area contributed by atoms with E-state index in [1.54, 1.807) is 0 Å². The lowest BCUT2D eigenvalue weighted by Crippen LogP contribution is -2.32. The van der Waals surface area contributed by atoms with Crippen molar-refractivity contribution in [2.24, 2.45) is 5.73 Å². The highest BCUT2D eigenvalue weighted by atomic mass is 16.6. The number of carbonyl (C=O) groups is 1. The molecule has 96 valence electrons. The molecule has 0 aliphatic heterocycles. The summed E-state index contributed by atoms with van der Waals surface area (Å²) < 4.78 is 10.3. The molecule has 0 amide bonds. The van der Waals surface area contributed by atoms with E-state index in [0.29, 0.717) is 19.6 Å². The number of hydrogen-bond donors (Lipinski definition) is 1. The fourth-order valence-corrected chi connectivity index (χ4v) is 1.20. The number of esters is 1. The minimum Gasteiger partial charge on any atom is -0.462 e. The molecule has 16 heavy (non-hydrogen) atoms. The number of ether oxygens (including phenoxy) is 2. The Labute approximate surface area is 98.5 Å². The molecule has 0 rings (SSSR count). The maximum Gasteiger partial charge on any atom is 0.322 e. The fraction of sp³-hybridized carbons (Fsp3) is 0.917. The van der Waals surface area contributed by atoms with Gasteiger partial charge in [0.05, 0.1) is 6.61 Å². The Kier molecular flexibility index (Phi) is 10.5. The number of unbranched alkanes of at least 4 members (excludes halogenated alkanes) is 2. The van der Waals surface area contributed by atoms with E-state index in [9.17, 15) is 4.79 Å². The van der Waals surface area contributed by atoms with Crippen molar-refractivity contribution in [2.75, 3.05) is 19.8 Å². The van der Waals surface area contributed by atoms with Crippen LogP contribution in [0.15, 0.2) is 0 Å². The van der Waals surface area contributed by atoms with Gasteiger partial charge in [-0.15, -0.1) is 0 Å². The van der Waals surface area contributed by atoms with Crippen LogP contribution in [0.5, 0.6) is 0 Å². The zero-order valence-electron chi connectivity index (χ0n) is 10.5. The molecule has 2 N–H and O–H groups in total. The first-order valence-electron chi connectivity index (χ1n) is 6.22. The second-order valence-electron chi connectivity index (χ2n) is 3.88. The van der Waals surface area contributed by atoms with Crippen molar-refractivity contribution in [2.45, 2.75) is 52.0 Å². The number of nitrogens with two attached hydrogens (primary N) is 1. The Morgan fingerprint density at radius 2 is 1.81 bits per heavy atom. The molecule has 0 aromatic heterocycles. The van der Waals surface area contributed by atoms with Crippen molar-refractivity contribution in [1.29, 1.82) is 0 Å². The van der Waals surface area contributed by atoms with Crippen LogP contribution in [0.2, 0.25) is 0 Å². The van der Waals surface area contributed by atoms with Gasteiger partial charge in [0, 0.05) is 6.61 Å². The van der Waals surface area contributed by atoms with Crippen molar-refractivity contribution in [3.05, 3.63) is 0 Å². The van der Waals surface area contributed by atoms with Crippen LogP contribution < -0.4 is 5.73 Å². The summed E-state index contributed by atoms with van der Waals surface area (Å²) in [4.78, 5) is 11.3. The predicted molar refractivity (Wildman–Crippen MR) is 64.2 cm³/mol. The highest BCUT2D eigenvalue weighted by Crippen LogP contribution is 2.00. The highest BCUT2D eigenvalue weighted by Gasteiger charge is 2.13. The van der Waals surface area contributed by atoms with Gasteiger partial charge in [-0.3, -0.25) is 4.79 Å². The second kappa shape index (κ2) is 10.9. The summed E-state index contributed by atoms with van der Waals surface area (Å²) in [7, 11) is 0. The van der Waals surface area contributed by atoms with Gasteiger partial charge in [-0.1, -0.05) is 33.1 Å². The van der Waals surface area contributed by atoms with Crippen LogP contribution >= 0.6 is 0 Å². The molecular formula is C12H25NO3. The van der Waals surface area contributed by atoms with Crippen LogP contribution in [0.25, 0.3) is 0 Å². The Hall–Kier alpha value is -0.610. The molecule has 0 heterocycles. The molecule has 0 radical (unpaired) electrons. The molecule has 0 saturated heterocycles. The molecule has 0 spiro atoms. The van der Waals surface area contributed by atoms with Gasteiger partial charge < -0.3 is 15.2 Å². The van der Waals surface area contributed by atoms with Crippen LogP contribution in [0.1, 0.15) is 46.0 Å². The van der Waals surface area contributed by atoms with Crippen LogP contribution in [0.3, 0.4) is 0 Å². The van der Waals surface area contributed by atoms with Crippen LogP contribution in [0, 0.1) is 0 Å². The van der Waals surface area contributed by atoms with E-state index in [1.165, 1.54) is 0 Å². The van der Waals surface area contributed by atoms with Crippen molar-refractivity contribution < 1.29 is 14.3 Å². The summed E-state index contributed by atoms with van der Waals surface area (Å²) in [5, 5.41) is 0. The Balaban J connectivity index is 3.35. The fourth-order valence-electron chi connectivity index (χ4n) is 1.20. The molecule has 1 atom stereocenters. The molecule has 0 saturated carbocycles. The van der Waals surface area contributed by atoms with Gasteiger partial charge in [0.2, 0.25) is 0 Å². The minimum absolute atomic E-state index is 0.308. The first kappa shape index (κ1) is 15.4. The number of hydrogen-bond acceptors (Lipinski definition) is 4. The van der Waals surface area contributed by atoms with Crippen molar-refractivity contribution in [3.8, 4) is 0 Å². The summed E-state index contributed by atoms with van der Waals surface area (Å²) in [6, 6.07) is -0.476. The maximum absolute atomic E-state index is 11.3. The summed E-state index contributed by atoms with van der Waals surface area (Å²) in [6.45, 7) is 5.68. The molecule has 4 nitrogen and oxygen atoms in total. The van der Waals surface area contributed by atoms with Crippen LogP contribution in [-0.2, 0) is 14.3 Å². The molecular weight excluding hydrogens is 206 g/mol. The smallest absolute Gasteiger partial charge is 0.322 e.